The molecule has 2 atom stereocenters. The second-order valence-electron chi connectivity index (χ2n) is 6.39. The van der Waals surface area contributed by atoms with E-state index in [0.29, 0.717) is 17.0 Å². The quantitative estimate of drug-likeness (QED) is 0.658. The third-order valence-electron chi connectivity index (χ3n) is 4.63. The Morgan fingerprint density at radius 1 is 1.37 bits per heavy atom. The predicted octanol–water partition coefficient (Wildman–Crippen LogP) is 3.33. The fourth-order valence-electron chi connectivity index (χ4n) is 3.44. The summed E-state index contributed by atoms with van der Waals surface area (Å²) in [6.45, 7) is 2.11. The zero-order chi connectivity index (χ0) is 19.0. The van der Waals surface area contributed by atoms with E-state index in [1.807, 2.05) is 0 Å². The van der Waals surface area contributed by atoms with Crippen LogP contribution in [0.15, 0.2) is 42.7 Å². The molecule has 0 spiro atoms. The summed E-state index contributed by atoms with van der Waals surface area (Å²) in [6.07, 6.45) is 2.26. The SMILES string of the molecule is CCOC(=O)c1cnn2ccc(N3C[C@@H](F)C[C@@H]3c3cccc(F)c3)nc12. The molecule has 0 radical (unpaired) electrons. The molecular formula is C19H18F2N4O2. The monoisotopic (exact) mass is 372 g/mol. The molecule has 27 heavy (non-hydrogen) atoms. The van der Waals surface area contributed by atoms with Crippen LogP contribution >= 0.6 is 0 Å². The Balaban J connectivity index is 1.73. The first-order valence-corrected chi connectivity index (χ1v) is 8.74. The fraction of sp³-hybridized carbons (Fsp3) is 0.316. The molecule has 140 valence electrons. The number of esters is 1. The van der Waals surface area contributed by atoms with E-state index in [-0.39, 0.29) is 37.0 Å². The van der Waals surface area contributed by atoms with Gasteiger partial charge in [0.05, 0.1) is 25.4 Å². The van der Waals surface area contributed by atoms with Gasteiger partial charge in [-0.2, -0.15) is 5.10 Å². The van der Waals surface area contributed by atoms with Gasteiger partial charge in [-0.15, -0.1) is 0 Å². The van der Waals surface area contributed by atoms with Gasteiger partial charge in [-0.3, -0.25) is 0 Å². The van der Waals surface area contributed by atoms with Gasteiger partial charge in [-0.05, 0) is 30.7 Å². The number of halogens is 2. The molecule has 3 heterocycles. The lowest BCUT2D eigenvalue weighted by atomic mass is 10.0. The molecule has 8 heteroatoms. The molecule has 4 rings (SSSR count). The molecular weight excluding hydrogens is 354 g/mol. The van der Waals surface area contributed by atoms with Crippen molar-refractivity contribution in [2.45, 2.75) is 25.6 Å². The number of carbonyl (C=O) groups is 1. The Kier molecular flexibility index (Phi) is 4.47. The largest absolute Gasteiger partial charge is 0.462 e. The molecule has 0 unspecified atom stereocenters. The Bertz CT molecular complexity index is 991. The van der Waals surface area contributed by atoms with Crippen LogP contribution in [0.2, 0.25) is 0 Å². The summed E-state index contributed by atoms with van der Waals surface area (Å²) in [4.78, 5) is 18.4. The van der Waals surface area contributed by atoms with Crippen LogP contribution in [0.5, 0.6) is 0 Å². The molecule has 0 saturated carbocycles. The molecule has 2 aromatic heterocycles. The minimum absolute atomic E-state index is 0.146. The average Bonchev–Trinajstić information content (AvgIpc) is 3.25. The highest BCUT2D eigenvalue weighted by molar-refractivity contribution is 5.95. The van der Waals surface area contributed by atoms with Crippen LogP contribution in [-0.2, 0) is 4.74 Å². The van der Waals surface area contributed by atoms with Crippen molar-refractivity contribution in [3.63, 3.8) is 0 Å². The van der Waals surface area contributed by atoms with Gasteiger partial charge in [0.2, 0.25) is 0 Å². The first-order chi connectivity index (χ1) is 13.1. The Morgan fingerprint density at radius 2 is 2.22 bits per heavy atom. The van der Waals surface area contributed by atoms with E-state index in [4.69, 9.17) is 4.74 Å². The topological polar surface area (TPSA) is 59.7 Å². The molecule has 0 aliphatic carbocycles. The molecule has 1 fully saturated rings. The highest BCUT2D eigenvalue weighted by Gasteiger charge is 2.34. The van der Waals surface area contributed by atoms with Gasteiger partial charge in [-0.25, -0.2) is 23.1 Å². The molecule has 3 aromatic rings. The van der Waals surface area contributed by atoms with E-state index in [1.54, 1.807) is 36.2 Å². The van der Waals surface area contributed by atoms with Gasteiger partial charge >= 0.3 is 5.97 Å². The summed E-state index contributed by atoms with van der Waals surface area (Å²) in [5.41, 5.74) is 1.28. The summed E-state index contributed by atoms with van der Waals surface area (Å²) < 4.78 is 34.3. The minimum atomic E-state index is -1.05. The number of rotatable bonds is 4. The second kappa shape index (κ2) is 6.94. The maximum atomic E-state index is 14.2. The third-order valence-corrected chi connectivity index (χ3v) is 4.63. The minimum Gasteiger partial charge on any atom is -0.462 e. The summed E-state index contributed by atoms with van der Waals surface area (Å²) in [7, 11) is 0. The highest BCUT2D eigenvalue weighted by atomic mass is 19.1. The molecule has 6 nitrogen and oxygen atoms in total. The number of fused-ring (bicyclic) bond motifs is 1. The van der Waals surface area contributed by atoms with Gasteiger partial charge in [0.1, 0.15) is 23.4 Å². The molecule has 1 aromatic carbocycles. The van der Waals surface area contributed by atoms with E-state index < -0.39 is 12.1 Å². The van der Waals surface area contributed by atoms with Crippen LogP contribution < -0.4 is 4.90 Å². The Hall–Kier alpha value is -3.03. The number of hydrogen-bond donors (Lipinski definition) is 0. The molecule has 1 aliphatic rings. The van der Waals surface area contributed by atoms with E-state index in [1.165, 1.54) is 22.8 Å². The number of ether oxygens (including phenoxy) is 1. The van der Waals surface area contributed by atoms with Gasteiger partial charge in [0, 0.05) is 12.6 Å². The second-order valence-corrected chi connectivity index (χ2v) is 6.39. The number of alkyl halides is 1. The van der Waals surface area contributed by atoms with Crippen molar-refractivity contribution in [1.29, 1.82) is 0 Å². The van der Waals surface area contributed by atoms with Gasteiger partial charge in [0.25, 0.3) is 0 Å². The summed E-state index contributed by atoms with van der Waals surface area (Å²) in [5.74, 6) is -0.370. The van der Waals surface area contributed by atoms with Crippen molar-refractivity contribution >= 4 is 17.4 Å². The normalized spacial score (nSPS) is 19.6. The molecule has 0 amide bonds. The van der Waals surface area contributed by atoms with Crippen molar-refractivity contribution < 1.29 is 18.3 Å². The molecule has 0 bridgehead atoms. The number of carbonyl (C=O) groups excluding carboxylic acids is 1. The third kappa shape index (κ3) is 3.22. The van der Waals surface area contributed by atoms with E-state index in [0.717, 1.165) is 0 Å². The maximum absolute atomic E-state index is 14.2. The first-order valence-electron chi connectivity index (χ1n) is 8.74. The Labute approximate surface area is 154 Å². The van der Waals surface area contributed by atoms with Crippen LogP contribution in [0.3, 0.4) is 0 Å². The van der Waals surface area contributed by atoms with Crippen LogP contribution in [0.25, 0.3) is 5.65 Å². The predicted molar refractivity (Wildman–Crippen MR) is 94.9 cm³/mol. The van der Waals surface area contributed by atoms with Gasteiger partial charge in [-0.1, -0.05) is 12.1 Å². The van der Waals surface area contributed by atoms with E-state index >= 15 is 0 Å². The first kappa shape index (κ1) is 17.4. The van der Waals surface area contributed by atoms with Gasteiger partial charge in [0.15, 0.2) is 5.65 Å². The fourth-order valence-corrected chi connectivity index (χ4v) is 3.44. The molecule has 1 saturated heterocycles. The van der Waals surface area contributed by atoms with Crippen molar-refractivity contribution in [1.82, 2.24) is 14.6 Å². The summed E-state index contributed by atoms with van der Waals surface area (Å²) >= 11 is 0. The van der Waals surface area contributed by atoms with E-state index in [2.05, 4.69) is 10.1 Å². The van der Waals surface area contributed by atoms with Crippen molar-refractivity contribution in [3.8, 4) is 0 Å². The summed E-state index contributed by atoms with van der Waals surface area (Å²) in [6, 6.07) is 7.54. The lowest BCUT2D eigenvalue weighted by Crippen LogP contribution is -2.25. The standard InChI is InChI=1S/C19H18F2N4O2/c1-2-27-19(26)15-10-22-25-7-6-17(23-18(15)25)24-11-14(21)9-16(24)12-4-3-5-13(20)8-12/h3-8,10,14,16H,2,9,11H2,1H3/t14-,16+/m0/s1. The molecule has 1 aliphatic heterocycles. The molecule has 0 N–H and O–H groups in total. The lowest BCUT2D eigenvalue weighted by Gasteiger charge is -2.25. The number of aromatic nitrogens is 3. The maximum Gasteiger partial charge on any atom is 0.343 e. The summed E-state index contributed by atoms with van der Waals surface area (Å²) in [5, 5.41) is 4.10. The highest BCUT2D eigenvalue weighted by Crippen LogP contribution is 2.37. The van der Waals surface area contributed by atoms with Crippen LogP contribution in [0.4, 0.5) is 14.6 Å². The number of nitrogens with zero attached hydrogens (tertiary/aromatic N) is 4. The number of anilines is 1. The van der Waals surface area contributed by atoms with Crippen molar-refractivity contribution in [2.24, 2.45) is 0 Å². The van der Waals surface area contributed by atoms with Gasteiger partial charge < -0.3 is 9.64 Å². The zero-order valence-corrected chi connectivity index (χ0v) is 14.7. The van der Waals surface area contributed by atoms with Crippen LogP contribution in [0.1, 0.15) is 35.3 Å². The van der Waals surface area contributed by atoms with Crippen molar-refractivity contribution in [3.05, 3.63) is 59.7 Å². The Morgan fingerprint density at radius 3 is 3.00 bits per heavy atom. The lowest BCUT2D eigenvalue weighted by molar-refractivity contribution is 0.0528. The average molecular weight is 372 g/mol. The smallest absolute Gasteiger partial charge is 0.343 e. The van der Waals surface area contributed by atoms with Crippen molar-refractivity contribution in [2.75, 3.05) is 18.1 Å². The number of benzene rings is 1. The van der Waals surface area contributed by atoms with Crippen LogP contribution in [-0.4, -0.2) is 39.9 Å². The van der Waals surface area contributed by atoms with E-state index in [9.17, 15) is 13.6 Å². The number of hydrogen-bond acceptors (Lipinski definition) is 5. The van der Waals surface area contributed by atoms with Crippen LogP contribution in [0, 0.1) is 5.82 Å². The zero-order valence-electron chi connectivity index (χ0n) is 14.7.